The Hall–Kier alpha value is -2.91. The van der Waals surface area contributed by atoms with E-state index in [0.29, 0.717) is 29.7 Å². The summed E-state index contributed by atoms with van der Waals surface area (Å²) in [7, 11) is 1.59. The summed E-state index contributed by atoms with van der Waals surface area (Å²) in [6.45, 7) is 1.35. The molecule has 0 unspecified atom stereocenters. The van der Waals surface area contributed by atoms with Gasteiger partial charge in [0.05, 0.1) is 18.2 Å². The molecule has 4 amide bonds. The Kier molecular flexibility index (Phi) is 5.72. The summed E-state index contributed by atoms with van der Waals surface area (Å²) >= 11 is 0. The molecule has 1 saturated heterocycles. The first-order chi connectivity index (χ1) is 14.8. The van der Waals surface area contributed by atoms with Crippen LogP contribution >= 0.6 is 0 Å². The Morgan fingerprint density at radius 3 is 2.65 bits per heavy atom. The number of nitrogens with one attached hydrogen (secondary N) is 3. The molecule has 1 aromatic heterocycles. The molecule has 31 heavy (non-hydrogen) atoms. The Bertz CT molecular complexity index is 970. The number of piperidine rings is 1. The summed E-state index contributed by atoms with van der Waals surface area (Å²) < 4.78 is 38.8. The first-order valence-electron chi connectivity index (χ1n) is 10.5. The van der Waals surface area contributed by atoms with Crippen molar-refractivity contribution in [2.75, 3.05) is 20.1 Å². The molecule has 168 valence electrons. The van der Waals surface area contributed by atoms with E-state index in [1.54, 1.807) is 18.0 Å². The minimum atomic E-state index is -4.40. The highest BCUT2D eigenvalue weighted by atomic mass is 19.4. The van der Waals surface area contributed by atoms with Crippen molar-refractivity contribution in [3.63, 3.8) is 0 Å². The fraction of sp³-hybridized carbons (Fsp3) is 0.524. The summed E-state index contributed by atoms with van der Waals surface area (Å²) in [5.41, 5.74) is 0.302. The monoisotopic (exact) mass is 437 g/mol. The lowest BCUT2D eigenvalue weighted by molar-refractivity contribution is -0.137. The van der Waals surface area contributed by atoms with Crippen LogP contribution in [0.5, 0.6) is 0 Å². The van der Waals surface area contributed by atoms with Gasteiger partial charge in [-0.2, -0.15) is 13.2 Å². The van der Waals surface area contributed by atoms with Gasteiger partial charge in [-0.25, -0.2) is 9.59 Å². The van der Waals surface area contributed by atoms with E-state index < -0.39 is 11.7 Å². The van der Waals surface area contributed by atoms with E-state index >= 15 is 0 Å². The lowest BCUT2D eigenvalue weighted by Gasteiger charge is -2.39. The number of halogens is 3. The molecule has 4 rings (SSSR count). The predicted molar refractivity (Wildman–Crippen MR) is 109 cm³/mol. The molecular weight excluding hydrogens is 411 g/mol. The van der Waals surface area contributed by atoms with Crippen LogP contribution in [0.15, 0.2) is 24.3 Å². The minimum absolute atomic E-state index is 0.0457. The molecule has 7 nitrogen and oxygen atoms in total. The number of carbonyl (C=O) groups is 2. The fourth-order valence-electron chi connectivity index (χ4n) is 4.23. The van der Waals surface area contributed by atoms with Gasteiger partial charge >= 0.3 is 18.2 Å². The second-order valence-electron chi connectivity index (χ2n) is 8.19. The van der Waals surface area contributed by atoms with Crippen molar-refractivity contribution in [3.05, 3.63) is 35.5 Å². The van der Waals surface area contributed by atoms with E-state index in [1.165, 1.54) is 6.07 Å². The molecule has 3 N–H and O–H groups in total. The number of rotatable bonds is 4. The van der Waals surface area contributed by atoms with Crippen molar-refractivity contribution in [1.29, 1.82) is 0 Å². The van der Waals surface area contributed by atoms with Gasteiger partial charge < -0.3 is 25.4 Å². The second kappa shape index (κ2) is 8.32. The van der Waals surface area contributed by atoms with Crippen LogP contribution in [0.2, 0.25) is 0 Å². The first kappa shape index (κ1) is 21.3. The molecule has 0 radical (unpaired) electrons. The summed E-state index contributed by atoms with van der Waals surface area (Å²) in [5, 5.41) is 6.19. The molecule has 2 fully saturated rings. The summed E-state index contributed by atoms with van der Waals surface area (Å²) in [4.78, 5) is 31.5. The SMILES string of the molecule is CNC(=O)N1CCC[C@@H](N(C(=O)NCc2cc3ccc(C(F)(F)F)cc3[nH]2)C2CC2)C1. The van der Waals surface area contributed by atoms with E-state index in [9.17, 15) is 22.8 Å². The topological polar surface area (TPSA) is 80.5 Å². The van der Waals surface area contributed by atoms with E-state index in [0.717, 1.165) is 37.8 Å². The number of likely N-dealkylation sites (tertiary alicyclic amines) is 1. The number of amides is 4. The van der Waals surface area contributed by atoms with Crippen molar-refractivity contribution < 1.29 is 22.8 Å². The molecule has 2 heterocycles. The van der Waals surface area contributed by atoms with Gasteiger partial charge in [0, 0.05) is 37.4 Å². The number of hydrogen-bond donors (Lipinski definition) is 3. The third-order valence-electron chi connectivity index (χ3n) is 5.90. The number of carbonyl (C=O) groups excluding carboxylic acids is 2. The highest BCUT2D eigenvalue weighted by Gasteiger charge is 2.39. The third kappa shape index (κ3) is 4.72. The highest BCUT2D eigenvalue weighted by Crippen LogP contribution is 2.32. The number of fused-ring (bicyclic) bond motifs is 1. The number of urea groups is 2. The van der Waals surface area contributed by atoms with Gasteiger partial charge in [0.2, 0.25) is 0 Å². The average Bonchev–Trinajstić information content (AvgIpc) is 3.48. The van der Waals surface area contributed by atoms with Gasteiger partial charge in [0.15, 0.2) is 0 Å². The van der Waals surface area contributed by atoms with Crippen molar-refractivity contribution in [2.24, 2.45) is 0 Å². The van der Waals surface area contributed by atoms with Crippen LogP contribution in [0.4, 0.5) is 22.8 Å². The molecule has 2 aromatic rings. The lowest BCUT2D eigenvalue weighted by Crippen LogP contribution is -2.56. The van der Waals surface area contributed by atoms with Crippen molar-refractivity contribution in [1.82, 2.24) is 25.4 Å². The summed E-state index contributed by atoms with van der Waals surface area (Å²) in [5.74, 6) is 0. The maximum absolute atomic E-state index is 13.0. The average molecular weight is 437 g/mol. The number of aromatic nitrogens is 1. The number of hydrogen-bond acceptors (Lipinski definition) is 2. The van der Waals surface area contributed by atoms with Crippen LogP contribution in [0.25, 0.3) is 10.9 Å². The maximum atomic E-state index is 13.0. The van der Waals surface area contributed by atoms with Gasteiger partial charge in [-0.05, 0) is 49.3 Å². The smallest absolute Gasteiger partial charge is 0.357 e. The van der Waals surface area contributed by atoms with Gasteiger partial charge in [-0.15, -0.1) is 0 Å². The van der Waals surface area contributed by atoms with Crippen molar-refractivity contribution in [2.45, 2.75) is 50.5 Å². The Balaban J connectivity index is 1.42. The van der Waals surface area contributed by atoms with Crippen LogP contribution in [0.3, 0.4) is 0 Å². The molecule has 2 aliphatic rings. The molecule has 0 spiro atoms. The highest BCUT2D eigenvalue weighted by molar-refractivity contribution is 5.81. The largest absolute Gasteiger partial charge is 0.416 e. The number of alkyl halides is 3. The zero-order valence-electron chi connectivity index (χ0n) is 17.3. The lowest BCUT2D eigenvalue weighted by atomic mass is 10.0. The molecule has 1 aliphatic heterocycles. The fourth-order valence-corrected chi connectivity index (χ4v) is 4.23. The zero-order chi connectivity index (χ0) is 22.2. The number of H-pyrrole nitrogens is 1. The van der Waals surface area contributed by atoms with E-state index in [-0.39, 0.29) is 30.7 Å². The van der Waals surface area contributed by atoms with Crippen LogP contribution in [-0.4, -0.2) is 59.1 Å². The Labute approximate surface area is 177 Å². The molecule has 0 bridgehead atoms. The number of aromatic amines is 1. The first-order valence-corrected chi connectivity index (χ1v) is 10.5. The number of nitrogens with zero attached hydrogens (tertiary/aromatic N) is 2. The van der Waals surface area contributed by atoms with Gasteiger partial charge in [-0.1, -0.05) is 6.07 Å². The standard InChI is InChI=1S/C21H26F3N5O2/c1-25-19(30)28-8-2-3-17(12-28)29(16-6-7-16)20(31)26-11-15-9-13-4-5-14(21(22,23)24)10-18(13)27-15/h4-5,9-10,16-17,27H,2-3,6-8,11-12H2,1H3,(H,25,30)(H,26,31)/t17-/m1/s1. The van der Waals surface area contributed by atoms with Crippen LogP contribution < -0.4 is 10.6 Å². The zero-order valence-corrected chi connectivity index (χ0v) is 17.3. The molecule has 1 aliphatic carbocycles. The third-order valence-corrected chi connectivity index (χ3v) is 5.90. The summed E-state index contributed by atoms with van der Waals surface area (Å²) in [6.07, 6.45) is -0.851. The molecule has 1 atom stereocenters. The van der Waals surface area contributed by atoms with Crippen LogP contribution in [0.1, 0.15) is 36.9 Å². The molecule has 10 heteroatoms. The quantitative estimate of drug-likeness (QED) is 0.683. The Morgan fingerprint density at radius 1 is 1.19 bits per heavy atom. The van der Waals surface area contributed by atoms with E-state index in [4.69, 9.17) is 0 Å². The van der Waals surface area contributed by atoms with Gasteiger partial charge in [0.1, 0.15) is 0 Å². The molecule has 1 saturated carbocycles. The predicted octanol–water partition coefficient (Wildman–Crippen LogP) is 3.66. The van der Waals surface area contributed by atoms with E-state index in [1.807, 2.05) is 4.90 Å². The van der Waals surface area contributed by atoms with Gasteiger partial charge in [-0.3, -0.25) is 0 Å². The van der Waals surface area contributed by atoms with Crippen molar-refractivity contribution >= 4 is 23.0 Å². The summed E-state index contributed by atoms with van der Waals surface area (Å²) in [6, 6.07) is 5.07. The van der Waals surface area contributed by atoms with Crippen LogP contribution in [0, 0.1) is 0 Å². The van der Waals surface area contributed by atoms with Gasteiger partial charge in [0.25, 0.3) is 0 Å². The van der Waals surface area contributed by atoms with E-state index in [2.05, 4.69) is 15.6 Å². The maximum Gasteiger partial charge on any atom is 0.416 e. The Morgan fingerprint density at radius 2 is 1.97 bits per heavy atom. The molecule has 1 aromatic carbocycles. The van der Waals surface area contributed by atoms with Crippen molar-refractivity contribution in [3.8, 4) is 0 Å². The minimum Gasteiger partial charge on any atom is -0.357 e. The molecular formula is C21H26F3N5O2. The second-order valence-corrected chi connectivity index (χ2v) is 8.19. The number of benzene rings is 1. The van der Waals surface area contributed by atoms with Crippen LogP contribution in [-0.2, 0) is 12.7 Å². The normalized spacial score (nSPS) is 19.4.